The first-order valence-electron chi connectivity index (χ1n) is 11.1. The standard InChI is InChI=1S/C26H40O4/c1-7-19-11-20(17-30-6)13-21(12-19)22(14-24(27)8-2)16-26(29)23(10-18(4)5)15-25(28)9-3/h7-8,12-13,18,20,22-23,26,29H,1-2,9-11,14-17H2,3-6H3/t20?,22?,23?,26-/m0/s1. The average Bonchev–Trinajstić information content (AvgIpc) is 2.71. The van der Waals surface area contributed by atoms with Gasteiger partial charge in [-0.1, -0.05) is 52.2 Å². The molecule has 1 N–H and O–H groups in total. The Morgan fingerprint density at radius 1 is 1.27 bits per heavy atom. The van der Waals surface area contributed by atoms with Gasteiger partial charge in [0.1, 0.15) is 5.78 Å². The number of ether oxygens (including phenoxy) is 1. The maximum Gasteiger partial charge on any atom is 0.155 e. The van der Waals surface area contributed by atoms with Gasteiger partial charge in [0.15, 0.2) is 5.78 Å². The monoisotopic (exact) mass is 416 g/mol. The molecule has 0 saturated heterocycles. The van der Waals surface area contributed by atoms with Gasteiger partial charge in [-0.2, -0.15) is 0 Å². The number of methoxy groups -OCH3 is 1. The Labute approximate surface area is 182 Å². The number of ketones is 2. The average molecular weight is 417 g/mol. The Balaban J connectivity index is 3.14. The van der Waals surface area contributed by atoms with E-state index < -0.39 is 6.10 Å². The van der Waals surface area contributed by atoms with Gasteiger partial charge in [0, 0.05) is 32.3 Å². The second-order valence-electron chi connectivity index (χ2n) is 8.87. The lowest BCUT2D eigenvalue weighted by atomic mass is 9.77. The van der Waals surface area contributed by atoms with Crippen LogP contribution in [-0.4, -0.2) is 36.5 Å². The third-order valence-corrected chi connectivity index (χ3v) is 5.80. The highest BCUT2D eigenvalue weighted by Gasteiger charge is 2.29. The highest BCUT2D eigenvalue weighted by molar-refractivity contribution is 5.89. The topological polar surface area (TPSA) is 63.6 Å². The van der Waals surface area contributed by atoms with Crippen LogP contribution >= 0.6 is 0 Å². The Morgan fingerprint density at radius 3 is 2.50 bits per heavy atom. The van der Waals surface area contributed by atoms with Crippen LogP contribution in [0.5, 0.6) is 0 Å². The fourth-order valence-electron chi connectivity index (χ4n) is 4.24. The van der Waals surface area contributed by atoms with E-state index >= 15 is 0 Å². The van der Waals surface area contributed by atoms with E-state index in [1.54, 1.807) is 7.11 Å². The van der Waals surface area contributed by atoms with Crippen LogP contribution in [0.1, 0.15) is 59.3 Å². The summed E-state index contributed by atoms with van der Waals surface area (Å²) in [4.78, 5) is 24.3. The van der Waals surface area contributed by atoms with Gasteiger partial charge in [-0.05, 0) is 54.2 Å². The van der Waals surface area contributed by atoms with Gasteiger partial charge in [-0.15, -0.1) is 0 Å². The molecule has 4 nitrogen and oxygen atoms in total. The molecule has 0 amide bonds. The summed E-state index contributed by atoms with van der Waals surface area (Å²) < 4.78 is 5.35. The molecule has 4 heteroatoms. The van der Waals surface area contributed by atoms with Gasteiger partial charge in [0.25, 0.3) is 0 Å². The van der Waals surface area contributed by atoms with E-state index in [1.807, 2.05) is 13.0 Å². The van der Waals surface area contributed by atoms with Crippen LogP contribution in [0.2, 0.25) is 0 Å². The summed E-state index contributed by atoms with van der Waals surface area (Å²) in [6.07, 6.45) is 10.0. The first-order chi connectivity index (χ1) is 14.2. The Bertz CT molecular complexity index is 656. The molecule has 4 atom stereocenters. The zero-order chi connectivity index (χ0) is 22.7. The SMILES string of the molecule is C=CC(=O)CC(C[C@H](O)C(CC(=O)CC)CC(C)C)C1=CC(COC)CC(C=C)=C1. The molecule has 0 aromatic heterocycles. The molecule has 168 valence electrons. The highest BCUT2D eigenvalue weighted by Crippen LogP contribution is 2.34. The predicted molar refractivity (Wildman–Crippen MR) is 123 cm³/mol. The lowest BCUT2D eigenvalue weighted by molar-refractivity contribution is -0.121. The first-order valence-corrected chi connectivity index (χ1v) is 11.1. The molecule has 1 rings (SSSR count). The van der Waals surface area contributed by atoms with Crippen LogP contribution in [0.4, 0.5) is 0 Å². The van der Waals surface area contributed by atoms with E-state index in [2.05, 4.69) is 39.2 Å². The molecule has 0 aromatic carbocycles. The molecule has 3 unspecified atom stereocenters. The van der Waals surface area contributed by atoms with E-state index in [4.69, 9.17) is 4.74 Å². The van der Waals surface area contributed by atoms with Crippen LogP contribution < -0.4 is 0 Å². The van der Waals surface area contributed by atoms with Crippen molar-refractivity contribution in [1.82, 2.24) is 0 Å². The molecule has 0 aliphatic heterocycles. The number of aliphatic hydroxyl groups is 1. The third-order valence-electron chi connectivity index (χ3n) is 5.80. The van der Waals surface area contributed by atoms with E-state index in [0.29, 0.717) is 38.2 Å². The number of carbonyl (C=O) groups is 2. The number of aliphatic hydroxyl groups excluding tert-OH is 1. The van der Waals surface area contributed by atoms with Gasteiger partial charge < -0.3 is 9.84 Å². The van der Waals surface area contributed by atoms with Crippen LogP contribution in [0.15, 0.2) is 48.6 Å². The summed E-state index contributed by atoms with van der Waals surface area (Å²) in [6, 6.07) is 0. The zero-order valence-corrected chi connectivity index (χ0v) is 19.2. The number of Topliss-reactive ketones (excluding diaryl/α,β-unsaturated/α-hetero) is 1. The van der Waals surface area contributed by atoms with Crippen LogP contribution in [0.25, 0.3) is 0 Å². The van der Waals surface area contributed by atoms with Crippen molar-refractivity contribution in [3.63, 3.8) is 0 Å². The third kappa shape index (κ3) is 8.93. The highest BCUT2D eigenvalue weighted by atomic mass is 16.5. The fraction of sp³-hybridized carbons (Fsp3) is 0.615. The number of hydrogen-bond acceptors (Lipinski definition) is 4. The maximum atomic E-state index is 12.2. The Kier molecular flexibility index (Phi) is 11.8. The molecule has 0 aromatic rings. The molecular weight excluding hydrogens is 376 g/mol. The van der Waals surface area contributed by atoms with E-state index in [-0.39, 0.29) is 29.3 Å². The molecule has 0 bridgehead atoms. The minimum absolute atomic E-state index is 0.0411. The molecule has 0 saturated carbocycles. The number of hydrogen-bond donors (Lipinski definition) is 1. The molecule has 0 spiro atoms. The molecule has 0 heterocycles. The van der Waals surface area contributed by atoms with Gasteiger partial charge in [0.2, 0.25) is 0 Å². The Morgan fingerprint density at radius 2 is 1.97 bits per heavy atom. The minimum atomic E-state index is -0.644. The normalized spacial score (nSPS) is 19.5. The van der Waals surface area contributed by atoms with Crippen LogP contribution in [0.3, 0.4) is 0 Å². The molecule has 1 aliphatic carbocycles. The van der Waals surface area contributed by atoms with E-state index in [0.717, 1.165) is 24.0 Å². The molecule has 1 aliphatic rings. The molecule has 30 heavy (non-hydrogen) atoms. The van der Waals surface area contributed by atoms with E-state index in [9.17, 15) is 14.7 Å². The molecule has 0 fully saturated rings. The number of allylic oxidation sites excluding steroid dienone is 5. The van der Waals surface area contributed by atoms with Crippen molar-refractivity contribution < 1.29 is 19.4 Å². The largest absolute Gasteiger partial charge is 0.393 e. The van der Waals surface area contributed by atoms with E-state index in [1.165, 1.54) is 6.08 Å². The molecule has 0 radical (unpaired) electrons. The quantitative estimate of drug-likeness (QED) is 0.371. The number of rotatable bonds is 15. The van der Waals surface area contributed by atoms with Crippen molar-refractivity contribution in [2.24, 2.45) is 23.7 Å². The number of carbonyl (C=O) groups excluding carboxylic acids is 2. The fourth-order valence-corrected chi connectivity index (χ4v) is 4.24. The summed E-state index contributed by atoms with van der Waals surface area (Å²) in [7, 11) is 1.68. The minimum Gasteiger partial charge on any atom is -0.393 e. The van der Waals surface area contributed by atoms with Crippen molar-refractivity contribution in [3.05, 3.63) is 48.6 Å². The van der Waals surface area contributed by atoms with Gasteiger partial charge in [0.05, 0.1) is 12.7 Å². The summed E-state index contributed by atoms with van der Waals surface area (Å²) in [5, 5.41) is 11.1. The molecular formula is C26H40O4. The van der Waals surface area contributed by atoms with Crippen molar-refractivity contribution >= 4 is 11.6 Å². The summed E-state index contributed by atoms with van der Waals surface area (Å²) in [6.45, 7) is 14.2. The lowest BCUT2D eigenvalue weighted by Gasteiger charge is -2.30. The second-order valence-corrected chi connectivity index (χ2v) is 8.87. The smallest absolute Gasteiger partial charge is 0.155 e. The Hall–Kier alpha value is -1.78. The zero-order valence-electron chi connectivity index (χ0n) is 19.2. The second kappa shape index (κ2) is 13.5. The van der Waals surface area contributed by atoms with Crippen LogP contribution in [0, 0.1) is 23.7 Å². The van der Waals surface area contributed by atoms with Crippen LogP contribution in [-0.2, 0) is 14.3 Å². The summed E-state index contributed by atoms with van der Waals surface area (Å²) >= 11 is 0. The summed E-state index contributed by atoms with van der Waals surface area (Å²) in [5.74, 6) is 0.501. The predicted octanol–water partition coefficient (Wildman–Crippen LogP) is 5.24. The van der Waals surface area contributed by atoms with Gasteiger partial charge >= 0.3 is 0 Å². The van der Waals surface area contributed by atoms with Crippen molar-refractivity contribution in [2.75, 3.05) is 13.7 Å². The van der Waals surface area contributed by atoms with Crippen molar-refractivity contribution in [1.29, 1.82) is 0 Å². The van der Waals surface area contributed by atoms with Crippen molar-refractivity contribution in [3.8, 4) is 0 Å². The maximum absolute atomic E-state index is 12.2. The van der Waals surface area contributed by atoms with Gasteiger partial charge in [-0.3, -0.25) is 9.59 Å². The first kappa shape index (κ1) is 26.3. The summed E-state index contributed by atoms with van der Waals surface area (Å²) in [5.41, 5.74) is 2.15. The van der Waals surface area contributed by atoms with Gasteiger partial charge in [-0.25, -0.2) is 0 Å². The lowest BCUT2D eigenvalue weighted by Crippen LogP contribution is -2.29. The van der Waals surface area contributed by atoms with Crippen molar-refractivity contribution in [2.45, 2.75) is 65.4 Å².